The summed E-state index contributed by atoms with van der Waals surface area (Å²) in [5.74, 6) is 0.984. The van der Waals surface area contributed by atoms with Gasteiger partial charge in [0.1, 0.15) is 5.75 Å². The van der Waals surface area contributed by atoms with E-state index in [-0.39, 0.29) is 0 Å². The van der Waals surface area contributed by atoms with Gasteiger partial charge in [0.25, 0.3) is 0 Å². The van der Waals surface area contributed by atoms with E-state index < -0.39 is 0 Å². The highest BCUT2D eigenvalue weighted by atomic mass is 16.5. The van der Waals surface area contributed by atoms with Gasteiger partial charge in [0.15, 0.2) is 0 Å². The van der Waals surface area contributed by atoms with Gasteiger partial charge in [0, 0.05) is 6.04 Å². The highest BCUT2D eigenvalue weighted by Crippen LogP contribution is 2.17. The predicted octanol–water partition coefficient (Wildman–Crippen LogP) is 4.32. The summed E-state index contributed by atoms with van der Waals surface area (Å²) in [6, 6.07) is 8.88. The number of ether oxygens (including phenoxy) is 1. The van der Waals surface area contributed by atoms with Gasteiger partial charge in [-0.25, -0.2) is 0 Å². The Kier molecular flexibility index (Phi) is 7.51. The lowest BCUT2D eigenvalue weighted by Gasteiger charge is -2.14. The van der Waals surface area contributed by atoms with Crippen LogP contribution in [0.3, 0.4) is 0 Å². The number of unbranched alkanes of at least 4 members (excludes halogenated alkanes) is 2. The standard InChI is InChI=1S/C16H27NO/c1-4-6-7-13-18-16-10-8-15(9-11-16)14(3)17-12-5-2/h8-11,14,17H,4-7,12-13H2,1-3H3. The number of hydrogen-bond acceptors (Lipinski definition) is 2. The molecule has 1 aromatic carbocycles. The van der Waals surface area contributed by atoms with Crippen LogP contribution in [0.15, 0.2) is 24.3 Å². The van der Waals surface area contributed by atoms with Crippen LogP contribution in [0.1, 0.15) is 58.1 Å². The summed E-state index contributed by atoms with van der Waals surface area (Å²) in [7, 11) is 0. The van der Waals surface area contributed by atoms with E-state index in [4.69, 9.17) is 4.74 Å². The molecule has 18 heavy (non-hydrogen) atoms. The molecule has 0 aliphatic rings. The predicted molar refractivity (Wildman–Crippen MR) is 78.2 cm³/mol. The van der Waals surface area contributed by atoms with Gasteiger partial charge in [-0.3, -0.25) is 0 Å². The molecule has 0 saturated heterocycles. The van der Waals surface area contributed by atoms with E-state index in [0.29, 0.717) is 6.04 Å². The lowest BCUT2D eigenvalue weighted by molar-refractivity contribution is 0.306. The average Bonchev–Trinajstić information content (AvgIpc) is 2.41. The molecule has 0 saturated carbocycles. The van der Waals surface area contributed by atoms with Crippen LogP contribution in [-0.2, 0) is 0 Å². The molecule has 1 N–H and O–H groups in total. The first kappa shape index (κ1) is 15.0. The Morgan fingerprint density at radius 2 is 1.78 bits per heavy atom. The lowest BCUT2D eigenvalue weighted by Crippen LogP contribution is -2.19. The Hall–Kier alpha value is -1.02. The van der Waals surface area contributed by atoms with E-state index in [1.165, 1.54) is 24.8 Å². The molecule has 0 bridgehead atoms. The molecule has 1 aromatic rings. The Morgan fingerprint density at radius 1 is 1.06 bits per heavy atom. The van der Waals surface area contributed by atoms with Crippen molar-refractivity contribution in [2.24, 2.45) is 0 Å². The molecule has 1 atom stereocenters. The van der Waals surface area contributed by atoms with Gasteiger partial charge in [0.05, 0.1) is 6.61 Å². The van der Waals surface area contributed by atoms with Crippen molar-refractivity contribution in [3.05, 3.63) is 29.8 Å². The van der Waals surface area contributed by atoms with Crippen molar-refractivity contribution in [2.45, 2.75) is 52.5 Å². The summed E-state index contributed by atoms with van der Waals surface area (Å²) >= 11 is 0. The molecular formula is C16H27NO. The van der Waals surface area contributed by atoms with Gasteiger partial charge >= 0.3 is 0 Å². The average molecular weight is 249 g/mol. The molecule has 0 aliphatic heterocycles. The lowest BCUT2D eigenvalue weighted by atomic mass is 10.1. The molecule has 1 rings (SSSR count). The largest absolute Gasteiger partial charge is 0.494 e. The van der Waals surface area contributed by atoms with E-state index in [2.05, 4.69) is 50.4 Å². The first-order chi connectivity index (χ1) is 8.77. The molecule has 102 valence electrons. The normalized spacial score (nSPS) is 12.4. The van der Waals surface area contributed by atoms with Crippen LogP contribution < -0.4 is 10.1 Å². The third-order valence-electron chi connectivity index (χ3n) is 3.10. The summed E-state index contributed by atoms with van der Waals surface area (Å²) < 4.78 is 5.70. The Bertz CT molecular complexity index is 307. The van der Waals surface area contributed by atoms with Crippen molar-refractivity contribution in [3.63, 3.8) is 0 Å². The molecule has 0 aromatic heterocycles. The van der Waals surface area contributed by atoms with E-state index in [1.54, 1.807) is 0 Å². The van der Waals surface area contributed by atoms with Crippen LogP contribution in [0, 0.1) is 0 Å². The minimum absolute atomic E-state index is 0.416. The zero-order valence-electron chi connectivity index (χ0n) is 12.0. The third kappa shape index (κ3) is 5.54. The van der Waals surface area contributed by atoms with Gasteiger partial charge in [-0.1, -0.05) is 38.8 Å². The molecule has 0 spiro atoms. The van der Waals surface area contributed by atoms with Crippen molar-refractivity contribution in [1.82, 2.24) is 5.32 Å². The molecule has 0 fully saturated rings. The van der Waals surface area contributed by atoms with Crippen molar-refractivity contribution < 1.29 is 4.74 Å². The van der Waals surface area contributed by atoms with Gasteiger partial charge in [0.2, 0.25) is 0 Å². The zero-order valence-corrected chi connectivity index (χ0v) is 12.0. The van der Waals surface area contributed by atoms with Gasteiger partial charge in [-0.2, -0.15) is 0 Å². The minimum atomic E-state index is 0.416. The van der Waals surface area contributed by atoms with Crippen LogP contribution in [-0.4, -0.2) is 13.2 Å². The van der Waals surface area contributed by atoms with Crippen LogP contribution in [0.2, 0.25) is 0 Å². The first-order valence-electron chi connectivity index (χ1n) is 7.24. The zero-order chi connectivity index (χ0) is 13.2. The molecule has 1 unspecified atom stereocenters. The number of hydrogen-bond donors (Lipinski definition) is 1. The first-order valence-corrected chi connectivity index (χ1v) is 7.24. The molecule has 0 heterocycles. The van der Waals surface area contributed by atoms with E-state index in [9.17, 15) is 0 Å². The summed E-state index contributed by atoms with van der Waals surface area (Å²) in [6.45, 7) is 8.49. The summed E-state index contributed by atoms with van der Waals surface area (Å²) in [4.78, 5) is 0. The Balaban J connectivity index is 2.37. The van der Waals surface area contributed by atoms with Crippen molar-refractivity contribution in [2.75, 3.05) is 13.2 Å². The Labute approximate surface area is 112 Å². The van der Waals surface area contributed by atoms with E-state index in [1.807, 2.05) is 0 Å². The second-order valence-corrected chi connectivity index (χ2v) is 4.80. The summed E-state index contributed by atoms with van der Waals surface area (Å²) in [5.41, 5.74) is 1.32. The highest BCUT2D eigenvalue weighted by molar-refractivity contribution is 5.28. The monoisotopic (exact) mass is 249 g/mol. The van der Waals surface area contributed by atoms with Crippen molar-refractivity contribution in [3.8, 4) is 5.75 Å². The summed E-state index contributed by atoms with van der Waals surface area (Å²) in [6.07, 6.45) is 4.80. The second kappa shape index (κ2) is 8.98. The fourth-order valence-electron chi connectivity index (χ4n) is 1.87. The van der Waals surface area contributed by atoms with Crippen LogP contribution in [0.4, 0.5) is 0 Å². The smallest absolute Gasteiger partial charge is 0.119 e. The van der Waals surface area contributed by atoms with Crippen molar-refractivity contribution >= 4 is 0 Å². The van der Waals surface area contributed by atoms with Gasteiger partial charge < -0.3 is 10.1 Å². The van der Waals surface area contributed by atoms with Crippen molar-refractivity contribution in [1.29, 1.82) is 0 Å². The fraction of sp³-hybridized carbons (Fsp3) is 0.625. The molecule has 2 nitrogen and oxygen atoms in total. The molecule has 0 radical (unpaired) electrons. The van der Waals surface area contributed by atoms with Gasteiger partial charge in [-0.15, -0.1) is 0 Å². The minimum Gasteiger partial charge on any atom is -0.494 e. The Morgan fingerprint density at radius 3 is 2.39 bits per heavy atom. The molecule has 2 heteroatoms. The fourth-order valence-corrected chi connectivity index (χ4v) is 1.87. The van der Waals surface area contributed by atoms with E-state index in [0.717, 1.165) is 25.3 Å². The molecule has 0 amide bonds. The maximum absolute atomic E-state index is 5.70. The van der Waals surface area contributed by atoms with Gasteiger partial charge in [-0.05, 0) is 44.0 Å². The maximum atomic E-state index is 5.70. The third-order valence-corrected chi connectivity index (χ3v) is 3.10. The molecule has 0 aliphatic carbocycles. The molecular weight excluding hydrogens is 222 g/mol. The number of nitrogens with one attached hydrogen (secondary N) is 1. The SMILES string of the molecule is CCCCCOc1ccc(C(C)NCCC)cc1. The topological polar surface area (TPSA) is 21.3 Å². The second-order valence-electron chi connectivity index (χ2n) is 4.80. The van der Waals surface area contributed by atoms with Crippen LogP contribution in [0.25, 0.3) is 0 Å². The number of benzene rings is 1. The summed E-state index contributed by atoms with van der Waals surface area (Å²) in [5, 5.41) is 3.49. The quantitative estimate of drug-likeness (QED) is 0.658. The van der Waals surface area contributed by atoms with Crippen LogP contribution in [0.5, 0.6) is 5.75 Å². The highest BCUT2D eigenvalue weighted by Gasteiger charge is 2.03. The maximum Gasteiger partial charge on any atom is 0.119 e. The number of rotatable bonds is 9. The van der Waals surface area contributed by atoms with E-state index >= 15 is 0 Å². The van der Waals surface area contributed by atoms with Crippen LogP contribution >= 0.6 is 0 Å².